The van der Waals surface area contributed by atoms with Crippen LogP contribution in [-0.4, -0.2) is 34.8 Å². The van der Waals surface area contributed by atoms with E-state index in [1.165, 1.54) is 11.3 Å². The highest BCUT2D eigenvalue weighted by molar-refractivity contribution is 7.14. The average Bonchev–Trinajstić information content (AvgIpc) is 3.32. The molecule has 3 aromatic rings. The summed E-state index contributed by atoms with van der Waals surface area (Å²) in [6.45, 7) is 1.32. The van der Waals surface area contributed by atoms with Gasteiger partial charge in [0, 0.05) is 25.1 Å². The van der Waals surface area contributed by atoms with Gasteiger partial charge in [0.15, 0.2) is 0 Å². The van der Waals surface area contributed by atoms with Gasteiger partial charge in [-0.2, -0.15) is 0 Å². The zero-order valence-corrected chi connectivity index (χ0v) is 14.1. The number of carbonyl (C=O) groups is 1. The van der Waals surface area contributed by atoms with Crippen molar-refractivity contribution < 1.29 is 14.2 Å². The number of fused-ring (bicyclic) bond motifs is 1. The van der Waals surface area contributed by atoms with Gasteiger partial charge in [-0.1, -0.05) is 6.07 Å². The lowest BCUT2D eigenvalue weighted by molar-refractivity contribution is 0.0790. The van der Waals surface area contributed by atoms with E-state index in [1.807, 2.05) is 30.3 Å². The molecule has 0 bridgehead atoms. The second-order valence-corrected chi connectivity index (χ2v) is 7.07. The van der Waals surface area contributed by atoms with E-state index in [9.17, 15) is 4.79 Å². The van der Waals surface area contributed by atoms with Gasteiger partial charge in [0.05, 0.1) is 11.0 Å². The fourth-order valence-corrected chi connectivity index (χ4v) is 3.99. The third-order valence-electron chi connectivity index (χ3n) is 4.17. The van der Waals surface area contributed by atoms with Crippen LogP contribution in [0.2, 0.25) is 0 Å². The maximum atomic E-state index is 12.6. The van der Waals surface area contributed by atoms with Crippen molar-refractivity contribution in [2.45, 2.75) is 25.5 Å². The Bertz CT molecular complexity index is 867. The largest absolute Gasteiger partial charge is 0.373 e. The maximum Gasteiger partial charge on any atom is 0.263 e. The normalized spacial score (nSPS) is 17.5. The first-order valence-electron chi connectivity index (χ1n) is 7.89. The first-order valence-corrected chi connectivity index (χ1v) is 8.70. The second-order valence-electron chi connectivity index (χ2n) is 5.95. The number of rotatable bonds is 4. The molecule has 6 nitrogen and oxygen atoms in total. The maximum absolute atomic E-state index is 12.6. The predicted molar refractivity (Wildman–Crippen MR) is 89.8 cm³/mol. The van der Waals surface area contributed by atoms with E-state index in [0.717, 1.165) is 34.8 Å². The molecule has 3 heterocycles. The van der Waals surface area contributed by atoms with Crippen LogP contribution in [0.15, 0.2) is 35.0 Å². The van der Waals surface area contributed by atoms with Crippen LogP contribution in [-0.2, 0) is 11.3 Å². The number of thiophene rings is 1. The van der Waals surface area contributed by atoms with Crippen molar-refractivity contribution in [3.63, 3.8) is 0 Å². The minimum Gasteiger partial charge on any atom is -0.373 e. The Morgan fingerprint density at radius 3 is 3.00 bits per heavy atom. The van der Waals surface area contributed by atoms with E-state index in [2.05, 4.69) is 10.3 Å². The highest BCUT2D eigenvalue weighted by Gasteiger charge is 2.22. The van der Waals surface area contributed by atoms with Crippen LogP contribution in [0.3, 0.4) is 0 Å². The summed E-state index contributed by atoms with van der Waals surface area (Å²) in [5, 5.41) is 7.62. The average molecular weight is 343 g/mol. The number of hydrogen-bond acceptors (Lipinski definition) is 6. The minimum atomic E-state index is 0.0163. The molecule has 1 aliphatic rings. The van der Waals surface area contributed by atoms with E-state index in [4.69, 9.17) is 9.37 Å². The van der Waals surface area contributed by atoms with Gasteiger partial charge in [0.25, 0.3) is 5.91 Å². The zero-order valence-electron chi connectivity index (χ0n) is 13.3. The lowest BCUT2D eigenvalue weighted by Crippen LogP contribution is -2.25. The van der Waals surface area contributed by atoms with Crippen LogP contribution in [0.25, 0.3) is 11.0 Å². The molecule has 7 heteroatoms. The summed E-state index contributed by atoms with van der Waals surface area (Å²) >= 11 is 1.53. The predicted octanol–water partition coefficient (Wildman–Crippen LogP) is 3.41. The van der Waals surface area contributed by atoms with E-state index in [1.54, 1.807) is 11.9 Å². The third-order valence-corrected chi connectivity index (χ3v) is 5.33. The molecule has 2 aromatic heterocycles. The summed E-state index contributed by atoms with van der Waals surface area (Å²) in [5.41, 5.74) is 2.40. The fourth-order valence-electron chi connectivity index (χ4n) is 2.90. The molecule has 0 N–H and O–H groups in total. The number of aromatic nitrogens is 2. The van der Waals surface area contributed by atoms with Crippen LogP contribution in [0.4, 0.5) is 0 Å². The number of carbonyl (C=O) groups excluding carboxylic acids is 1. The van der Waals surface area contributed by atoms with Crippen molar-refractivity contribution in [3.05, 3.63) is 45.6 Å². The van der Waals surface area contributed by atoms with Gasteiger partial charge >= 0.3 is 0 Å². The summed E-state index contributed by atoms with van der Waals surface area (Å²) in [7, 11) is 1.80. The van der Waals surface area contributed by atoms with Crippen molar-refractivity contribution in [2.24, 2.45) is 0 Å². The molecule has 124 valence electrons. The second kappa shape index (κ2) is 6.33. The first-order chi connectivity index (χ1) is 11.7. The zero-order chi connectivity index (χ0) is 16.5. The summed E-state index contributed by atoms with van der Waals surface area (Å²) in [6, 6.07) is 9.57. The molecule has 0 unspecified atom stereocenters. The Morgan fingerprint density at radius 2 is 2.17 bits per heavy atom. The van der Waals surface area contributed by atoms with Crippen molar-refractivity contribution in [1.82, 2.24) is 15.2 Å². The molecule has 1 fully saturated rings. The fraction of sp³-hybridized carbons (Fsp3) is 0.353. The minimum absolute atomic E-state index is 0.0163. The molecule has 1 saturated heterocycles. The van der Waals surface area contributed by atoms with Crippen LogP contribution in [0.5, 0.6) is 0 Å². The Hall–Kier alpha value is -2.25. The van der Waals surface area contributed by atoms with Crippen LogP contribution in [0.1, 0.15) is 39.1 Å². The summed E-state index contributed by atoms with van der Waals surface area (Å²) in [6.07, 6.45) is 2.28. The highest BCUT2D eigenvalue weighted by Crippen LogP contribution is 2.33. The lowest BCUT2D eigenvalue weighted by atomic mass is 10.2. The lowest BCUT2D eigenvalue weighted by Gasteiger charge is -2.16. The molecule has 1 amide bonds. The SMILES string of the molecule is CN(Cc1ccc2nonc2c1)C(=O)c1ccc([C@@H]2CCCO2)s1. The van der Waals surface area contributed by atoms with Gasteiger partial charge in [0.2, 0.25) is 0 Å². The van der Waals surface area contributed by atoms with Crippen molar-refractivity contribution in [1.29, 1.82) is 0 Å². The number of nitrogens with zero attached hydrogens (tertiary/aromatic N) is 3. The topological polar surface area (TPSA) is 68.5 Å². The molecule has 4 rings (SSSR count). The molecular formula is C17H17N3O3S. The molecular weight excluding hydrogens is 326 g/mol. The van der Waals surface area contributed by atoms with Crippen LogP contribution >= 0.6 is 11.3 Å². The van der Waals surface area contributed by atoms with Crippen LogP contribution < -0.4 is 0 Å². The Balaban J connectivity index is 1.47. The Labute approximate surface area is 143 Å². The van der Waals surface area contributed by atoms with E-state index < -0.39 is 0 Å². The Kier molecular flexibility index (Phi) is 4.03. The van der Waals surface area contributed by atoms with Gasteiger partial charge in [0.1, 0.15) is 11.0 Å². The number of ether oxygens (including phenoxy) is 1. The summed E-state index contributed by atoms with van der Waals surface area (Å²) in [5.74, 6) is 0.0163. The van der Waals surface area contributed by atoms with E-state index in [-0.39, 0.29) is 12.0 Å². The molecule has 0 saturated carbocycles. The Morgan fingerprint density at radius 1 is 1.29 bits per heavy atom. The van der Waals surface area contributed by atoms with Crippen molar-refractivity contribution in [3.8, 4) is 0 Å². The molecule has 0 radical (unpaired) electrons. The number of benzene rings is 1. The molecule has 0 spiro atoms. The monoisotopic (exact) mass is 343 g/mol. The van der Waals surface area contributed by atoms with E-state index >= 15 is 0 Å². The van der Waals surface area contributed by atoms with Gasteiger partial charge in [-0.3, -0.25) is 4.79 Å². The quantitative estimate of drug-likeness (QED) is 0.726. The smallest absolute Gasteiger partial charge is 0.263 e. The van der Waals surface area contributed by atoms with E-state index in [0.29, 0.717) is 17.6 Å². The summed E-state index contributed by atoms with van der Waals surface area (Å²) < 4.78 is 10.4. The molecule has 1 atom stereocenters. The number of amides is 1. The number of hydrogen-bond donors (Lipinski definition) is 0. The van der Waals surface area contributed by atoms with Gasteiger partial charge in [-0.25, -0.2) is 4.63 Å². The van der Waals surface area contributed by atoms with Gasteiger partial charge < -0.3 is 9.64 Å². The molecule has 1 aromatic carbocycles. The third kappa shape index (κ3) is 2.92. The van der Waals surface area contributed by atoms with Gasteiger partial charge in [-0.15, -0.1) is 11.3 Å². The first kappa shape index (κ1) is 15.3. The molecule has 24 heavy (non-hydrogen) atoms. The standard InChI is InChI=1S/C17H17N3O3S/c1-20(10-11-4-5-12-13(9-11)19-23-18-12)17(21)16-7-6-15(24-16)14-3-2-8-22-14/h4-7,9,14H,2-3,8,10H2,1H3/t14-/m0/s1. The van der Waals surface area contributed by atoms with Crippen molar-refractivity contribution >= 4 is 28.3 Å². The van der Waals surface area contributed by atoms with Crippen molar-refractivity contribution in [2.75, 3.05) is 13.7 Å². The van der Waals surface area contributed by atoms with Crippen LogP contribution in [0, 0.1) is 0 Å². The summed E-state index contributed by atoms with van der Waals surface area (Å²) in [4.78, 5) is 16.2. The molecule has 1 aliphatic heterocycles. The molecule has 0 aliphatic carbocycles. The highest BCUT2D eigenvalue weighted by atomic mass is 32.1. The van der Waals surface area contributed by atoms with Gasteiger partial charge in [-0.05, 0) is 53.0 Å².